The summed E-state index contributed by atoms with van der Waals surface area (Å²) in [5.74, 6) is 1.71. The monoisotopic (exact) mass is 219 g/mol. The Kier molecular flexibility index (Phi) is 3.71. The van der Waals surface area contributed by atoms with Crippen LogP contribution >= 0.6 is 0 Å². The molecule has 4 heteroatoms. The normalized spacial score (nSPS) is 15.2. The highest BCUT2D eigenvalue weighted by Gasteiger charge is 2.07. The number of benzene rings is 1. The van der Waals surface area contributed by atoms with Gasteiger partial charge in [0.25, 0.3) is 0 Å². The Morgan fingerprint density at radius 3 is 2.00 bits per heavy atom. The molecule has 0 atom stereocenters. The number of para-hydroxylation sites is 2. The summed E-state index contributed by atoms with van der Waals surface area (Å²) in [5, 5.41) is 0. The lowest BCUT2D eigenvalue weighted by Gasteiger charge is -2.17. The molecule has 0 saturated carbocycles. The zero-order valence-corrected chi connectivity index (χ0v) is 8.76. The lowest BCUT2D eigenvalue weighted by molar-refractivity contribution is 0.171. The molecule has 4 nitrogen and oxygen atoms in total. The van der Waals surface area contributed by atoms with Crippen molar-refractivity contribution in [2.75, 3.05) is 13.2 Å². The van der Waals surface area contributed by atoms with Crippen LogP contribution in [-0.4, -0.2) is 13.2 Å². The molecule has 16 heavy (non-hydrogen) atoms. The number of rotatable bonds is 0. The first-order valence-electron chi connectivity index (χ1n) is 5.04. The highest BCUT2D eigenvalue weighted by atomic mass is 16.6. The van der Waals surface area contributed by atoms with Gasteiger partial charge in [0.1, 0.15) is 19.5 Å². The third kappa shape index (κ3) is 2.95. The third-order valence-corrected chi connectivity index (χ3v) is 1.94. The van der Waals surface area contributed by atoms with E-state index in [0.717, 1.165) is 11.5 Å². The molecule has 0 bridgehead atoms. The lowest BCUT2D eigenvalue weighted by Crippen LogP contribution is -2.14. The first-order chi connectivity index (χ1) is 7.97. The van der Waals surface area contributed by atoms with Crippen LogP contribution in [0.5, 0.6) is 11.5 Å². The molecular weight excluding hydrogens is 206 g/mol. The Morgan fingerprint density at radius 2 is 1.62 bits per heavy atom. The van der Waals surface area contributed by atoms with Gasteiger partial charge >= 0.3 is 0 Å². The maximum absolute atomic E-state index is 5.30. The second-order valence-corrected chi connectivity index (χ2v) is 3.07. The molecule has 2 aliphatic rings. The molecule has 0 radical (unpaired) electrons. The van der Waals surface area contributed by atoms with Gasteiger partial charge in [0.05, 0.1) is 0 Å². The lowest BCUT2D eigenvalue weighted by atomic mass is 10.3. The second kappa shape index (κ2) is 5.70. The average Bonchev–Trinajstić information content (AvgIpc) is 2.42. The first kappa shape index (κ1) is 10.4. The molecule has 84 valence electrons. The van der Waals surface area contributed by atoms with Gasteiger partial charge in [-0.15, -0.1) is 0 Å². The van der Waals surface area contributed by atoms with Gasteiger partial charge in [-0.2, -0.15) is 0 Å². The summed E-state index contributed by atoms with van der Waals surface area (Å²) in [6, 6.07) is 7.70. The minimum absolute atomic E-state index is 0.664. The van der Waals surface area contributed by atoms with Crippen LogP contribution in [0.2, 0.25) is 0 Å². The van der Waals surface area contributed by atoms with Gasteiger partial charge < -0.3 is 14.3 Å². The van der Waals surface area contributed by atoms with Gasteiger partial charge in [0, 0.05) is 6.20 Å². The second-order valence-electron chi connectivity index (χ2n) is 3.07. The van der Waals surface area contributed by atoms with Crippen molar-refractivity contribution < 1.29 is 14.3 Å². The number of nitrogens with one attached hydrogen (secondary N) is 1. The van der Waals surface area contributed by atoms with Crippen molar-refractivity contribution in [3.63, 3.8) is 0 Å². The highest BCUT2D eigenvalue weighted by Crippen LogP contribution is 2.28. The molecule has 0 fully saturated rings. The Morgan fingerprint density at radius 1 is 0.938 bits per heavy atom. The van der Waals surface area contributed by atoms with Crippen molar-refractivity contribution in [3.8, 4) is 11.5 Å². The van der Waals surface area contributed by atoms with Gasteiger partial charge in [-0.3, -0.25) is 0 Å². The fraction of sp³-hybridized carbons (Fsp3) is 0.167. The van der Waals surface area contributed by atoms with E-state index in [1.165, 1.54) is 0 Å². The van der Waals surface area contributed by atoms with E-state index in [-0.39, 0.29) is 0 Å². The van der Waals surface area contributed by atoms with E-state index in [4.69, 9.17) is 9.47 Å². The van der Waals surface area contributed by atoms with Crippen molar-refractivity contribution in [3.05, 3.63) is 48.9 Å². The molecule has 0 unspecified atom stereocenters. The largest absolute Gasteiger partial charge is 0.486 e. The van der Waals surface area contributed by atoms with Gasteiger partial charge in [0.2, 0.25) is 0 Å². The van der Waals surface area contributed by atoms with Crippen molar-refractivity contribution in [1.82, 2.24) is 5.48 Å². The number of ether oxygens (including phenoxy) is 2. The summed E-state index contributed by atoms with van der Waals surface area (Å²) < 4.78 is 10.6. The maximum Gasteiger partial charge on any atom is 0.161 e. The van der Waals surface area contributed by atoms with Crippen LogP contribution < -0.4 is 15.0 Å². The summed E-state index contributed by atoms with van der Waals surface area (Å²) in [7, 11) is 0. The zero-order chi connectivity index (χ0) is 11.1. The van der Waals surface area contributed by atoms with E-state index < -0.39 is 0 Å². The summed E-state index contributed by atoms with van der Waals surface area (Å²) in [4.78, 5) is 4.55. The molecule has 0 aromatic heterocycles. The molecule has 2 heterocycles. The van der Waals surface area contributed by atoms with Crippen LogP contribution in [0.15, 0.2) is 48.9 Å². The van der Waals surface area contributed by atoms with E-state index >= 15 is 0 Å². The van der Waals surface area contributed by atoms with Crippen molar-refractivity contribution in [1.29, 1.82) is 0 Å². The summed E-state index contributed by atoms with van der Waals surface area (Å²) in [6.45, 7) is 1.33. The van der Waals surface area contributed by atoms with Crippen LogP contribution in [0, 0.1) is 0 Å². The van der Waals surface area contributed by atoms with Gasteiger partial charge in [-0.25, -0.2) is 5.48 Å². The maximum atomic E-state index is 5.30. The Balaban J connectivity index is 0.000000138. The number of hydroxylamine groups is 1. The molecule has 3 rings (SSSR count). The Bertz CT molecular complexity index is 351. The molecule has 1 aromatic carbocycles. The van der Waals surface area contributed by atoms with Crippen molar-refractivity contribution >= 4 is 0 Å². The minimum atomic E-state index is 0.664. The average molecular weight is 219 g/mol. The van der Waals surface area contributed by atoms with E-state index in [9.17, 15) is 0 Å². The van der Waals surface area contributed by atoms with Gasteiger partial charge in [-0.05, 0) is 24.3 Å². The molecule has 0 aliphatic carbocycles. The SMILES string of the molecule is C1=CNOC=C1.c1ccc2c(c1)OCCO2. The van der Waals surface area contributed by atoms with E-state index in [1.54, 1.807) is 18.5 Å². The van der Waals surface area contributed by atoms with Crippen molar-refractivity contribution in [2.45, 2.75) is 0 Å². The predicted octanol–water partition coefficient (Wildman–Crippen LogP) is 2.01. The minimum Gasteiger partial charge on any atom is -0.486 e. The van der Waals surface area contributed by atoms with E-state index in [2.05, 4.69) is 10.3 Å². The van der Waals surface area contributed by atoms with Gasteiger partial charge in [0.15, 0.2) is 11.5 Å². The Hall–Kier alpha value is -2.10. The molecule has 2 aliphatic heterocycles. The smallest absolute Gasteiger partial charge is 0.161 e. The first-order valence-corrected chi connectivity index (χ1v) is 5.04. The van der Waals surface area contributed by atoms with Gasteiger partial charge in [-0.1, -0.05) is 12.1 Å². The van der Waals surface area contributed by atoms with Crippen LogP contribution in [0.25, 0.3) is 0 Å². The molecular formula is C12H13NO3. The summed E-state index contributed by atoms with van der Waals surface area (Å²) in [5.41, 5.74) is 2.52. The third-order valence-electron chi connectivity index (χ3n) is 1.94. The molecule has 0 amide bonds. The predicted molar refractivity (Wildman–Crippen MR) is 59.9 cm³/mol. The molecule has 0 spiro atoms. The van der Waals surface area contributed by atoms with E-state index in [1.807, 2.05) is 30.3 Å². The molecule has 1 N–H and O–H groups in total. The van der Waals surface area contributed by atoms with E-state index in [0.29, 0.717) is 13.2 Å². The number of hydrogen-bond acceptors (Lipinski definition) is 4. The summed E-state index contributed by atoms with van der Waals surface area (Å²) >= 11 is 0. The van der Waals surface area contributed by atoms with Crippen LogP contribution in [0.1, 0.15) is 0 Å². The van der Waals surface area contributed by atoms with Crippen molar-refractivity contribution in [2.24, 2.45) is 0 Å². The number of allylic oxidation sites excluding steroid dienone is 2. The quantitative estimate of drug-likeness (QED) is 0.724. The highest BCUT2D eigenvalue weighted by molar-refractivity contribution is 5.40. The fourth-order valence-electron chi connectivity index (χ4n) is 1.25. The standard InChI is InChI=1S/C8H8O2.C4H5NO/c1-2-4-8-7(3-1)9-5-6-10-8;1-2-4-6-5-3-1/h1-4H,5-6H2;1-5H. The number of fused-ring (bicyclic) bond motifs is 1. The zero-order valence-electron chi connectivity index (χ0n) is 8.76. The van der Waals surface area contributed by atoms with Crippen LogP contribution in [0.3, 0.4) is 0 Å². The van der Waals surface area contributed by atoms with Crippen LogP contribution in [-0.2, 0) is 4.84 Å². The topological polar surface area (TPSA) is 39.7 Å². The number of hydrogen-bond donors (Lipinski definition) is 1. The molecule has 1 aromatic rings. The summed E-state index contributed by atoms with van der Waals surface area (Å²) in [6.07, 6.45) is 6.93. The fourth-order valence-corrected chi connectivity index (χ4v) is 1.25. The molecule has 0 saturated heterocycles. The Labute approximate surface area is 94.1 Å². The van der Waals surface area contributed by atoms with Crippen LogP contribution in [0.4, 0.5) is 0 Å².